The SMILES string of the molecule is COc1ccc(Nc2nc(C)nc(N)c2C)cc1. The zero-order valence-corrected chi connectivity index (χ0v) is 10.7. The van der Waals surface area contributed by atoms with Crippen LogP contribution in [0.25, 0.3) is 0 Å². The zero-order chi connectivity index (χ0) is 13.1. The summed E-state index contributed by atoms with van der Waals surface area (Å²) in [5.41, 5.74) is 7.58. The fourth-order valence-corrected chi connectivity index (χ4v) is 1.58. The van der Waals surface area contributed by atoms with Gasteiger partial charge in [-0.1, -0.05) is 0 Å². The number of anilines is 3. The van der Waals surface area contributed by atoms with Crippen LogP contribution in [0.4, 0.5) is 17.3 Å². The van der Waals surface area contributed by atoms with Gasteiger partial charge in [0.25, 0.3) is 0 Å². The average molecular weight is 244 g/mol. The van der Waals surface area contributed by atoms with Crippen molar-refractivity contribution in [3.8, 4) is 5.75 Å². The molecule has 2 aromatic rings. The summed E-state index contributed by atoms with van der Waals surface area (Å²) in [5.74, 6) is 2.69. The van der Waals surface area contributed by atoms with E-state index in [-0.39, 0.29) is 0 Å². The van der Waals surface area contributed by atoms with Gasteiger partial charge in [-0.3, -0.25) is 0 Å². The summed E-state index contributed by atoms with van der Waals surface area (Å²) in [4.78, 5) is 8.45. The maximum absolute atomic E-state index is 5.81. The molecule has 0 aliphatic heterocycles. The number of aryl methyl sites for hydroxylation is 1. The number of methoxy groups -OCH3 is 1. The average Bonchev–Trinajstić information content (AvgIpc) is 2.36. The Hall–Kier alpha value is -2.30. The highest BCUT2D eigenvalue weighted by Crippen LogP contribution is 2.23. The number of aromatic nitrogens is 2. The number of nitrogens with two attached hydrogens (primary N) is 1. The third-order valence-electron chi connectivity index (χ3n) is 2.65. The number of nitrogen functional groups attached to an aromatic ring is 1. The molecule has 0 bridgehead atoms. The Labute approximate surface area is 106 Å². The zero-order valence-electron chi connectivity index (χ0n) is 10.7. The summed E-state index contributed by atoms with van der Waals surface area (Å²) in [6.07, 6.45) is 0. The van der Waals surface area contributed by atoms with Gasteiger partial charge in [-0.15, -0.1) is 0 Å². The third-order valence-corrected chi connectivity index (χ3v) is 2.65. The third kappa shape index (κ3) is 2.51. The van der Waals surface area contributed by atoms with E-state index in [1.807, 2.05) is 38.1 Å². The lowest BCUT2D eigenvalue weighted by molar-refractivity contribution is 0.415. The number of rotatable bonds is 3. The van der Waals surface area contributed by atoms with Gasteiger partial charge in [0.2, 0.25) is 0 Å². The van der Waals surface area contributed by atoms with Crippen molar-refractivity contribution < 1.29 is 4.74 Å². The lowest BCUT2D eigenvalue weighted by atomic mass is 10.2. The van der Waals surface area contributed by atoms with Crippen LogP contribution in [0.15, 0.2) is 24.3 Å². The fourth-order valence-electron chi connectivity index (χ4n) is 1.58. The molecule has 0 unspecified atom stereocenters. The molecule has 3 N–H and O–H groups in total. The monoisotopic (exact) mass is 244 g/mol. The Morgan fingerprint density at radius 1 is 1.11 bits per heavy atom. The standard InChI is InChI=1S/C13H16N4O/c1-8-12(14)15-9(2)16-13(8)17-10-4-6-11(18-3)7-5-10/h4-7H,1-3H3,(H3,14,15,16,17). The Kier molecular flexibility index (Phi) is 3.32. The molecule has 0 saturated heterocycles. The van der Waals surface area contributed by atoms with Crippen LogP contribution in [-0.2, 0) is 0 Å². The van der Waals surface area contributed by atoms with Crippen LogP contribution in [-0.4, -0.2) is 17.1 Å². The summed E-state index contributed by atoms with van der Waals surface area (Å²) >= 11 is 0. The van der Waals surface area contributed by atoms with Crippen molar-refractivity contribution in [2.45, 2.75) is 13.8 Å². The van der Waals surface area contributed by atoms with Crippen molar-refractivity contribution >= 4 is 17.3 Å². The van der Waals surface area contributed by atoms with Crippen LogP contribution in [0.5, 0.6) is 5.75 Å². The molecule has 2 rings (SSSR count). The molecular weight excluding hydrogens is 228 g/mol. The smallest absolute Gasteiger partial charge is 0.139 e. The quantitative estimate of drug-likeness (QED) is 0.867. The minimum atomic E-state index is 0.499. The van der Waals surface area contributed by atoms with Crippen LogP contribution < -0.4 is 15.8 Å². The lowest BCUT2D eigenvalue weighted by Gasteiger charge is -2.11. The van der Waals surface area contributed by atoms with Crippen molar-refractivity contribution in [2.75, 3.05) is 18.2 Å². The van der Waals surface area contributed by atoms with Crippen molar-refractivity contribution in [2.24, 2.45) is 0 Å². The van der Waals surface area contributed by atoms with E-state index >= 15 is 0 Å². The Morgan fingerprint density at radius 2 is 1.78 bits per heavy atom. The molecule has 94 valence electrons. The minimum Gasteiger partial charge on any atom is -0.497 e. The van der Waals surface area contributed by atoms with E-state index in [4.69, 9.17) is 10.5 Å². The number of nitrogens with one attached hydrogen (secondary N) is 1. The number of ether oxygens (including phenoxy) is 1. The van der Waals surface area contributed by atoms with Crippen molar-refractivity contribution in [3.05, 3.63) is 35.7 Å². The normalized spacial score (nSPS) is 10.2. The maximum atomic E-state index is 5.81. The fraction of sp³-hybridized carbons (Fsp3) is 0.231. The van der Waals surface area contributed by atoms with Crippen LogP contribution in [0.3, 0.4) is 0 Å². The van der Waals surface area contributed by atoms with E-state index in [1.165, 1.54) is 0 Å². The largest absolute Gasteiger partial charge is 0.497 e. The first-order valence-corrected chi connectivity index (χ1v) is 5.62. The van der Waals surface area contributed by atoms with Gasteiger partial charge in [0.15, 0.2) is 0 Å². The number of benzene rings is 1. The predicted octanol–water partition coefficient (Wildman–Crippen LogP) is 2.43. The highest BCUT2D eigenvalue weighted by atomic mass is 16.5. The Balaban J connectivity index is 2.27. The first-order chi connectivity index (χ1) is 8.60. The lowest BCUT2D eigenvalue weighted by Crippen LogP contribution is -2.04. The van der Waals surface area contributed by atoms with E-state index in [1.54, 1.807) is 7.11 Å². The first-order valence-electron chi connectivity index (χ1n) is 5.62. The summed E-state index contributed by atoms with van der Waals surface area (Å²) in [7, 11) is 1.64. The molecule has 1 heterocycles. The minimum absolute atomic E-state index is 0.499. The van der Waals surface area contributed by atoms with Gasteiger partial charge >= 0.3 is 0 Å². The molecule has 0 amide bonds. The number of hydrogen-bond acceptors (Lipinski definition) is 5. The molecule has 0 atom stereocenters. The van der Waals surface area contributed by atoms with Gasteiger partial charge in [0, 0.05) is 11.3 Å². The van der Waals surface area contributed by atoms with Gasteiger partial charge in [-0.2, -0.15) is 0 Å². The van der Waals surface area contributed by atoms with Crippen molar-refractivity contribution in [1.82, 2.24) is 9.97 Å². The second-order valence-corrected chi connectivity index (χ2v) is 3.98. The highest BCUT2D eigenvalue weighted by Gasteiger charge is 2.06. The van der Waals surface area contributed by atoms with Crippen LogP contribution in [0.1, 0.15) is 11.4 Å². The molecule has 5 heteroatoms. The van der Waals surface area contributed by atoms with Crippen molar-refractivity contribution in [1.29, 1.82) is 0 Å². The molecule has 0 aliphatic carbocycles. The summed E-state index contributed by atoms with van der Waals surface area (Å²) in [5, 5.41) is 3.22. The number of hydrogen-bond donors (Lipinski definition) is 2. The van der Waals surface area contributed by atoms with Gasteiger partial charge in [-0.05, 0) is 38.1 Å². The molecule has 0 fully saturated rings. The summed E-state index contributed by atoms with van der Waals surface area (Å²) in [6, 6.07) is 7.61. The van der Waals surface area contributed by atoms with Gasteiger partial charge in [-0.25, -0.2) is 9.97 Å². The van der Waals surface area contributed by atoms with E-state index in [0.717, 1.165) is 22.8 Å². The number of nitrogens with zero attached hydrogens (tertiary/aromatic N) is 2. The van der Waals surface area contributed by atoms with Crippen LogP contribution in [0.2, 0.25) is 0 Å². The molecule has 18 heavy (non-hydrogen) atoms. The second kappa shape index (κ2) is 4.91. The summed E-state index contributed by atoms with van der Waals surface area (Å²) < 4.78 is 5.11. The van der Waals surface area contributed by atoms with E-state index < -0.39 is 0 Å². The molecule has 1 aromatic heterocycles. The van der Waals surface area contributed by atoms with E-state index in [0.29, 0.717) is 11.6 Å². The molecule has 1 aromatic carbocycles. The van der Waals surface area contributed by atoms with Gasteiger partial charge in [0.1, 0.15) is 23.2 Å². The van der Waals surface area contributed by atoms with Crippen LogP contribution in [0, 0.1) is 13.8 Å². The summed E-state index contributed by atoms with van der Waals surface area (Å²) in [6.45, 7) is 3.70. The van der Waals surface area contributed by atoms with Gasteiger partial charge < -0.3 is 15.8 Å². The van der Waals surface area contributed by atoms with E-state index in [2.05, 4.69) is 15.3 Å². The topological polar surface area (TPSA) is 73.1 Å². The van der Waals surface area contributed by atoms with Gasteiger partial charge in [0.05, 0.1) is 7.11 Å². The molecule has 0 saturated carbocycles. The molecule has 0 spiro atoms. The molecule has 0 aliphatic rings. The predicted molar refractivity (Wildman–Crippen MR) is 72.2 cm³/mol. The second-order valence-electron chi connectivity index (χ2n) is 3.98. The van der Waals surface area contributed by atoms with Crippen LogP contribution >= 0.6 is 0 Å². The first kappa shape index (κ1) is 12.2. The molecular formula is C13H16N4O. The molecule has 5 nitrogen and oxygen atoms in total. The Bertz CT molecular complexity index is 552. The maximum Gasteiger partial charge on any atom is 0.139 e. The molecule has 0 radical (unpaired) electrons. The highest BCUT2D eigenvalue weighted by molar-refractivity contribution is 5.64. The van der Waals surface area contributed by atoms with Crippen molar-refractivity contribution in [3.63, 3.8) is 0 Å². The Morgan fingerprint density at radius 3 is 2.39 bits per heavy atom. The van der Waals surface area contributed by atoms with E-state index in [9.17, 15) is 0 Å².